The second kappa shape index (κ2) is 7.95. The molecule has 1 fully saturated rings. The molecule has 0 radical (unpaired) electrons. The molecule has 0 aliphatic heterocycles. The molecular formula is C19H31NO. The molecule has 0 heterocycles. The summed E-state index contributed by atoms with van der Waals surface area (Å²) < 4.78 is 6.15. The Morgan fingerprint density at radius 3 is 2.48 bits per heavy atom. The molecule has 21 heavy (non-hydrogen) atoms. The minimum atomic E-state index is -0.0422. The monoisotopic (exact) mass is 289 g/mol. The van der Waals surface area contributed by atoms with Gasteiger partial charge in [-0.15, -0.1) is 0 Å². The van der Waals surface area contributed by atoms with E-state index in [0.717, 1.165) is 13.0 Å². The van der Waals surface area contributed by atoms with E-state index in [9.17, 15) is 0 Å². The third kappa shape index (κ3) is 4.08. The normalized spacial score (nSPS) is 20.0. The maximum absolute atomic E-state index is 6.15. The Kier molecular flexibility index (Phi) is 6.25. The van der Waals surface area contributed by atoms with Crippen molar-refractivity contribution in [2.75, 3.05) is 13.7 Å². The molecule has 1 aromatic rings. The van der Waals surface area contributed by atoms with Gasteiger partial charge < -0.3 is 10.1 Å². The van der Waals surface area contributed by atoms with E-state index in [1.807, 2.05) is 7.11 Å². The predicted molar refractivity (Wildman–Crippen MR) is 89.7 cm³/mol. The zero-order valence-electron chi connectivity index (χ0n) is 14.0. The number of ether oxygens (including phenoxy) is 1. The first-order valence-corrected chi connectivity index (χ1v) is 8.57. The van der Waals surface area contributed by atoms with Crippen LogP contribution >= 0.6 is 0 Å². The van der Waals surface area contributed by atoms with Crippen LogP contribution in [0.3, 0.4) is 0 Å². The Morgan fingerprint density at radius 1 is 1.19 bits per heavy atom. The van der Waals surface area contributed by atoms with Crippen molar-refractivity contribution in [3.05, 3.63) is 35.4 Å². The van der Waals surface area contributed by atoms with Crippen molar-refractivity contribution in [2.45, 2.75) is 70.4 Å². The SMILES string of the molecule is CCCNC(c1cccc(C)c1)C1(OC)CCCCCC1. The van der Waals surface area contributed by atoms with Gasteiger partial charge in [0.05, 0.1) is 11.6 Å². The third-order valence-corrected chi connectivity index (χ3v) is 4.86. The summed E-state index contributed by atoms with van der Waals surface area (Å²) in [5.41, 5.74) is 2.67. The fourth-order valence-electron chi connectivity index (χ4n) is 3.68. The summed E-state index contributed by atoms with van der Waals surface area (Å²) in [7, 11) is 1.90. The second-order valence-electron chi connectivity index (χ2n) is 6.48. The maximum Gasteiger partial charge on any atom is 0.0872 e. The number of methoxy groups -OCH3 is 1. The Morgan fingerprint density at radius 2 is 1.90 bits per heavy atom. The molecule has 1 aromatic carbocycles. The topological polar surface area (TPSA) is 21.3 Å². The van der Waals surface area contributed by atoms with E-state index in [4.69, 9.17) is 4.74 Å². The van der Waals surface area contributed by atoms with Crippen LogP contribution in [0.4, 0.5) is 0 Å². The molecule has 0 saturated heterocycles. The first kappa shape index (κ1) is 16.5. The van der Waals surface area contributed by atoms with E-state index in [1.165, 1.54) is 49.7 Å². The lowest BCUT2D eigenvalue weighted by molar-refractivity contribution is -0.0540. The first-order chi connectivity index (χ1) is 10.2. The lowest BCUT2D eigenvalue weighted by Crippen LogP contribution is -2.45. The molecule has 2 nitrogen and oxygen atoms in total. The molecule has 1 N–H and O–H groups in total. The Labute approximate surface area is 130 Å². The second-order valence-corrected chi connectivity index (χ2v) is 6.48. The van der Waals surface area contributed by atoms with Crippen LogP contribution in [-0.4, -0.2) is 19.3 Å². The minimum absolute atomic E-state index is 0.0422. The Balaban J connectivity index is 2.32. The molecule has 1 aliphatic carbocycles. The number of hydrogen-bond donors (Lipinski definition) is 1. The highest BCUT2D eigenvalue weighted by Gasteiger charge is 2.39. The molecule has 2 heteroatoms. The molecule has 0 spiro atoms. The van der Waals surface area contributed by atoms with Crippen LogP contribution in [0.25, 0.3) is 0 Å². The van der Waals surface area contributed by atoms with Crippen molar-refractivity contribution in [1.82, 2.24) is 5.32 Å². The Hall–Kier alpha value is -0.860. The standard InChI is InChI=1S/C19H31NO/c1-4-14-20-18(17-11-9-10-16(2)15-17)19(21-3)12-7-5-6-8-13-19/h9-11,15,18,20H,4-8,12-14H2,1-3H3. The summed E-state index contributed by atoms with van der Waals surface area (Å²) in [6.07, 6.45) is 8.74. The summed E-state index contributed by atoms with van der Waals surface area (Å²) in [6.45, 7) is 5.45. The van der Waals surface area contributed by atoms with Crippen LogP contribution in [0, 0.1) is 6.92 Å². The van der Waals surface area contributed by atoms with Crippen molar-refractivity contribution < 1.29 is 4.74 Å². The summed E-state index contributed by atoms with van der Waals surface area (Å²) in [4.78, 5) is 0. The summed E-state index contributed by atoms with van der Waals surface area (Å²) in [5, 5.41) is 3.78. The maximum atomic E-state index is 6.15. The van der Waals surface area contributed by atoms with E-state index < -0.39 is 0 Å². The first-order valence-electron chi connectivity index (χ1n) is 8.57. The highest BCUT2D eigenvalue weighted by Crippen LogP contribution is 2.40. The van der Waals surface area contributed by atoms with Crippen molar-refractivity contribution >= 4 is 0 Å². The van der Waals surface area contributed by atoms with E-state index in [2.05, 4.69) is 43.4 Å². The van der Waals surface area contributed by atoms with Gasteiger partial charge in [0.2, 0.25) is 0 Å². The lowest BCUT2D eigenvalue weighted by atomic mass is 9.81. The van der Waals surface area contributed by atoms with Gasteiger partial charge in [-0.3, -0.25) is 0 Å². The molecule has 1 aliphatic rings. The average Bonchev–Trinajstić information content (AvgIpc) is 2.74. The fourth-order valence-corrected chi connectivity index (χ4v) is 3.68. The van der Waals surface area contributed by atoms with Gasteiger partial charge >= 0.3 is 0 Å². The van der Waals surface area contributed by atoms with Crippen LogP contribution in [0.1, 0.15) is 69.0 Å². The van der Waals surface area contributed by atoms with E-state index >= 15 is 0 Å². The van der Waals surface area contributed by atoms with Crippen molar-refractivity contribution in [3.63, 3.8) is 0 Å². The molecular weight excluding hydrogens is 258 g/mol. The Bertz CT molecular complexity index is 421. The van der Waals surface area contributed by atoms with E-state index in [-0.39, 0.29) is 5.60 Å². The number of benzene rings is 1. The number of aryl methyl sites for hydroxylation is 1. The van der Waals surface area contributed by atoms with Gasteiger partial charge in [-0.25, -0.2) is 0 Å². The highest BCUT2D eigenvalue weighted by molar-refractivity contribution is 5.27. The summed E-state index contributed by atoms with van der Waals surface area (Å²) in [6, 6.07) is 9.23. The number of rotatable bonds is 6. The van der Waals surface area contributed by atoms with Gasteiger partial charge in [-0.1, -0.05) is 62.4 Å². The van der Waals surface area contributed by atoms with Gasteiger partial charge in [0, 0.05) is 7.11 Å². The average molecular weight is 289 g/mol. The number of hydrogen-bond acceptors (Lipinski definition) is 2. The molecule has 0 aromatic heterocycles. The molecule has 1 atom stereocenters. The van der Waals surface area contributed by atoms with Gasteiger partial charge in [0.15, 0.2) is 0 Å². The molecule has 0 bridgehead atoms. The van der Waals surface area contributed by atoms with Crippen molar-refractivity contribution in [2.24, 2.45) is 0 Å². The van der Waals surface area contributed by atoms with Gasteiger partial charge in [0.25, 0.3) is 0 Å². The van der Waals surface area contributed by atoms with Gasteiger partial charge in [0.1, 0.15) is 0 Å². The largest absolute Gasteiger partial charge is 0.376 e. The van der Waals surface area contributed by atoms with Crippen molar-refractivity contribution in [3.8, 4) is 0 Å². The summed E-state index contributed by atoms with van der Waals surface area (Å²) in [5.74, 6) is 0. The number of nitrogens with one attached hydrogen (secondary N) is 1. The highest BCUT2D eigenvalue weighted by atomic mass is 16.5. The van der Waals surface area contributed by atoms with Crippen LogP contribution in [0.15, 0.2) is 24.3 Å². The zero-order chi connectivity index (χ0) is 15.1. The predicted octanol–water partition coefficient (Wildman–Crippen LogP) is 4.78. The van der Waals surface area contributed by atoms with Crippen LogP contribution in [0.5, 0.6) is 0 Å². The molecule has 118 valence electrons. The van der Waals surface area contributed by atoms with E-state index in [1.54, 1.807) is 0 Å². The van der Waals surface area contributed by atoms with Crippen LogP contribution in [-0.2, 0) is 4.74 Å². The minimum Gasteiger partial charge on any atom is -0.376 e. The fraction of sp³-hybridized carbons (Fsp3) is 0.684. The van der Waals surface area contributed by atoms with Crippen LogP contribution < -0.4 is 5.32 Å². The van der Waals surface area contributed by atoms with E-state index in [0.29, 0.717) is 6.04 Å². The van der Waals surface area contributed by atoms with Crippen LogP contribution in [0.2, 0.25) is 0 Å². The molecule has 1 unspecified atom stereocenters. The third-order valence-electron chi connectivity index (χ3n) is 4.86. The molecule has 0 amide bonds. The summed E-state index contributed by atoms with van der Waals surface area (Å²) >= 11 is 0. The van der Waals surface area contributed by atoms with Crippen molar-refractivity contribution in [1.29, 1.82) is 0 Å². The lowest BCUT2D eigenvalue weighted by Gasteiger charge is -2.40. The zero-order valence-corrected chi connectivity index (χ0v) is 14.0. The quantitative estimate of drug-likeness (QED) is 0.761. The molecule has 1 saturated carbocycles. The molecule has 2 rings (SSSR count). The van der Waals surface area contributed by atoms with Gasteiger partial charge in [-0.05, 0) is 38.3 Å². The van der Waals surface area contributed by atoms with Gasteiger partial charge in [-0.2, -0.15) is 0 Å². The smallest absolute Gasteiger partial charge is 0.0872 e.